The Kier molecular flexibility index (Phi) is 6.13. The first kappa shape index (κ1) is 17.1. The molecule has 0 aromatic heterocycles. The van der Waals surface area contributed by atoms with Gasteiger partial charge in [0.15, 0.2) is 0 Å². The summed E-state index contributed by atoms with van der Waals surface area (Å²) in [7, 11) is 3.94. The summed E-state index contributed by atoms with van der Waals surface area (Å²) in [6.45, 7) is 5.24. The highest BCUT2D eigenvalue weighted by atomic mass is 32.2. The standard InChI is InChI=1S/C13H25N3O3S/c1-13(2,15(3)4)9-14-12(19)16-5-6-20-8-10(16)7-11(17)18/h10H,5-9H2,1-4H3,(H,14,19)(H,17,18). The molecule has 20 heavy (non-hydrogen) atoms. The molecular formula is C13H25N3O3S. The number of rotatable bonds is 5. The maximum absolute atomic E-state index is 12.3. The highest BCUT2D eigenvalue weighted by molar-refractivity contribution is 7.99. The summed E-state index contributed by atoms with van der Waals surface area (Å²) in [6.07, 6.45) is 0.0114. The fourth-order valence-electron chi connectivity index (χ4n) is 1.84. The van der Waals surface area contributed by atoms with Crippen molar-refractivity contribution in [3.05, 3.63) is 0 Å². The maximum atomic E-state index is 12.3. The van der Waals surface area contributed by atoms with E-state index >= 15 is 0 Å². The Morgan fingerprint density at radius 2 is 2.10 bits per heavy atom. The van der Waals surface area contributed by atoms with E-state index in [9.17, 15) is 9.59 Å². The third-order valence-electron chi connectivity index (χ3n) is 3.78. The smallest absolute Gasteiger partial charge is 0.317 e. The Hall–Kier alpha value is -0.950. The van der Waals surface area contributed by atoms with Gasteiger partial charge in [0.1, 0.15) is 0 Å². The summed E-state index contributed by atoms with van der Waals surface area (Å²) in [5.41, 5.74) is -0.136. The van der Waals surface area contributed by atoms with Gasteiger partial charge < -0.3 is 20.2 Å². The molecule has 1 rings (SSSR count). The lowest BCUT2D eigenvalue weighted by molar-refractivity contribution is -0.138. The molecule has 0 radical (unpaired) electrons. The van der Waals surface area contributed by atoms with Crippen LogP contribution in [0.25, 0.3) is 0 Å². The SMILES string of the molecule is CN(C)C(C)(C)CNC(=O)N1CCSCC1CC(=O)O. The van der Waals surface area contributed by atoms with Crippen LogP contribution in [0, 0.1) is 0 Å². The first-order valence-electron chi connectivity index (χ1n) is 6.75. The second kappa shape index (κ2) is 7.17. The van der Waals surface area contributed by atoms with Gasteiger partial charge in [0.25, 0.3) is 0 Å². The van der Waals surface area contributed by atoms with Gasteiger partial charge in [0, 0.05) is 30.1 Å². The van der Waals surface area contributed by atoms with Crippen molar-refractivity contribution in [3.63, 3.8) is 0 Å². The molecule has 2 N–H and O–H groups in total. The molecule has 1 heterocycles. The summed E-state index contributed by atoms with van der Waals surface area (Å²) in [6, 6.07) is -0.375. The van der Waals surface area contributed by atoms with Crippen LogP contribution in [0.15, 0.2) is 0 Å². The van der Waals surface area contributed by atoms with Crippen molar-refractivity contribution in [2.24, 2.45) is 0 Å². The number of carbonyl (C=O) groups is 2. The lowest BCUT2D eigenvalue weighted by Crippen LogP contribution is -2.55. The van der Waals surface area contributed by atoms with Crippen LogP contribution in [-0.4, -0.2) is 77.2 Å². The lowest BCUT2D eigenvalue weighted by Gasteiger charge is -2.37. The summed E-state index contributed by atoms with van der Waals surface area (Å²) < 4.78 is 0. The largest absolute Gasteiger partial charge is 0.481 e. The number of likely N-dealkylation sites (N-methyl/N-ethyl adjacent to an activating group) is 1. The number of carboxylic acid groups (broad SMARTS) is 1. The Morgan fingerprint density at radius 3 is 2.65 bits per heavy atom. The van der Waals surface area contributed by atoms with Crippen molar-refractivity contribution in [1.29, 1.82) is 0 Å². The van der Waals surface area contributed by atoms with Crippen LogP contribution in [0.1, 0.15) is 20.3 Å². The number of nitrogens with zero attached hydrogens (tertiary/aromatic N) is 2. The summed E-state index contributed by atoms with van der Waals surface area (Å²) >= 11 is 1.70. The minimum atomic E-state index is -0.857. The number of hydrogen-bond acceptors (Lipinski definition) is 4. The number of carboxylic acids is 1. The molecule has 116 valence electrons. The van der Waals surface area contributed by atoms with E-state index in [4.69, 9.17) is 5.11 Å². The van der Waals surface area contributed by atoms with Gasteiger partial charge in [-0.2, -0.15) is 11.8 Å². The number of urea groups is 1. The molecule has 0 saturated carbocycles. The van der Waals surface area contributed by atoms with Crippen LogP contribution in [-0.2, 0) is 4.79 Å². The molecule has 1 aliphatic heterocycles. The van der Waals surface area contributed by atoms with E-state index in [0.717, 1.165) is 5.75 Å². The molecule has 0 spiro atoms. The third-order valence-corrected chi connectivity index (χ3v) is 4.87. The molecule has 0 bridgehead atoms. The van der Waals surface area contributed by atoms with Crippen molar-refractivity contribution >= 4 is 23.8 Å². The van der Waals surface area contributed by atoms with Crippen LogP contribution in [0.2, 0.25) is 0 Å². The van der Waals surface area contributed by atoms with Gasteiger partial charge in [-0.25, -0.2) is 4.79 Å². The minimum absolute atomic E-state index is 0.0114. The summed E-state index contributed by atoms with van der Waals surface area (Å²) in [4.78, 5) is 26.8. The molecule has 0 aromatic carbocycles. The first-order valence-corrected chi connectivity index (χ1v) is 7.91. The molecule has 2 amide bonds. The highest BCUT2D eigenvalue weighted by Crippen LogP contribution is 2.19. The monoisotopic (exact) mass is 303 g/mol. The van der Waals surface area contributed by atoms with Crippen molar-refractivity contribution in [2.75, 3.05) is 38.7 Å². The molecular weight excluding hydrogens is 278 g/mol. The molecule has 1 unspecified atom stereocenters. The Bertz CT molecular complexity index is 361. The highest BCUT2D eigenvalue weighted by Gasteiger charge is 2.30. The van der Waals surface area contributed by atoms with Crippen molar-refractivity contribution in [2.45, 2.75) is 31.8 Å². The van der Waals surface area contributed by atoms with Crippen molar-refractivity contribution in [1.82, 2.24) is 15.1 Å². The first-order chi connectivity index (χ1) is 9.24. The number of nitrogens with one attached hydrogen (secondary N) is 1. The van der Waals surface area contributed by atoms with Crippen LogP contribution in [0.3, 0.4) is 0 Å². The Balaban J connectivity index is 2.57. The quantitative estimate of drug-likeness (QED) is 0.790. The molecule has 1 atom stereocenters. The van der Waals surface area contributed by atoms with Crippen molar-refractivity contribution in [3.8, 4) is 0 Å². The van der Waals surface area contributed by atoms with Gasteiger partial charge in [-0.15, -0.1) is 0 Å². The molecule has 0 aliphatic carbocycles. The Morgan fingerprint density at radius 1 is 1.45 bits per heavy atom. The second-order valence-corrected chi connectivity index (χ2v) is 7.04. The maximum Gasteiger partial charge on any atom is 0.317 e. The van der Waals surface area contributed by atoms with Gasteiger partial charge in [-0.3, -0.25) is 4.79 Å². The zero-order valence-corrected chi connectivity index (χ0v) is 13.5. The predicted octanol–water partition coefficient (Wildman–Crippen LogP) is 0.928. The van der Waals surface area contributed by atoms with Crippen molar-refractivity contribution < 1.29 is 14.7 Å². The molecule has 7 heteroatoms. The van der Waals surface area contributed by atoms with E-state index in [0.29, 0.717) is 18.8 Å². The number of aliphatic carboxylic acids is 1. The van der Waals surface area contributed by atoms with Gasteiger partial charge in [0.05, 0.1) is 12.5 Å². The van der Waals surface area contributed by atoms with Gasteiger partial charge >= 0.3 is 12.0 Å². The van der Waals surface area contributed by atoms with Gasteiger partial charge in [-0.1, -0.05) is 0 Å². The van der Waals surface area contributed by atoms with Crippen LogP contribution >= 0.6 is 11.8 Å². The van der Waals surface area contributed by atoms with Crippen LogP contribution in [0.5, 0.6) is 0 Å². The lowest BCUT2D eigenvalue weighted by atomic mass is 10.0. The van der Waals surface area contributed by atoms with Gasteiger partial charge in [-0.05, 0) is 27.9 Å². The topological polar surface area (TPSA) is 72.9 Å². The molecule has 6 nitrogen and oxygen atoms in total. The number of amides is 2. The van der Waals surface area contributed by atoms with E-state index in [2.05, 4.69) is 5.32 Å². The molecule has 1 aliphatic rings. The van der Waals surface area contributed by atoms with E-state index < -0.39 is 5.97 Å². The Labute approximate surface area is 124 Å². The fourth-order valence-corrected chi connectivity index (χ4v) is 2.91. The fraction of sp³-hybridized carbons (Fsp3) is 0.846. The summed E-state index contributed by atoms with van der Waals surface area (Å²) in [5.74, 6) is 0.696. The van der Waals surface area contributed by atoms with E-state index in [1.165, 1.54) is 0 Å². The van der Waals surface area contributed by atoms with Crippen LogP contribution in [0.4, 0.5) is 4.79 Å². The number of thioether (sulfide) groups is 1. The zero-order chi connectivity index (χ0) is 15.3. The third kappa shape index (κ3) is 4.86. The molecule has 1 saturated heterocycles. The van der Waals surface area contributed by atoms with Gasteiger partial charge in [0.2, 0.25) is 0 Å². The average Bonchev–Trinajstić information content (AvgIpc) is 2.36. The zero-order valence-electron chi connectivity index (χ0n) is 12.7. The average molecular weight is 303 g/mol. The van der Waals surface area contributed by atoms with E-state index in [1.807, 2.05) is 32.8 Å². The molecule has 1 fully saturated rings. The van der Waals surface area contributed by atoms with Crippen LogP contribution < -0.4 is 5.32 Å². The normalized spacial score (nSPS) is 20.1. The number of carbonyl (C=O) groups excluding carboxylic acids is 1. The van der Waals surface area contributed by atoms with E-state index in [1.54, 1.807) is 16.7 Å². The summed E-state index contributed by atoms with van der Waals surface area (Å²) in [5, 5.41) is 11.8. The second-order valence-electron chi connectivity index (χ2n) is 5.89. The molecule has 0 aromatic rings. The predicted molar refractivity (Wildman–Crippen MR) is 81.2 cm³/mol. The van der Waals surface area contributed by atoms with E-state index in [-0.39, 0.29) is 24.0 Å². The minimum Gasteiger partial charge on any atom is -0.481 e. The number of hydrogen-bond donors (Lipinski definition) is 2.